The molecule has 1 unspecified atom stereocenters. The molecule has 2 aromatic rings. The van der Waals surface area contributed by atoms with E-state index in [0.717, 1.165) is 28.5 Å². The fourth-order valence-electron chi connectivity index (χ4n) is 3.21. The molecule has 1 atom stereocenters. The lowest BCUT2D eigenvalue weighted by Crippen LogP contribution is -2.45. The first kappa shape index (κ1) is 24.2. The molecule has 2 aromatic carbocycles. The van der Waals surface area contributed by atoms with Gasteiger partial charge in [-0.25, -0.2) is 13.2 Å². The number of aryl methyl sites for hydroxylation is 2. The molecule has 2 amide bonds. The van der Waals surface area contributed by atoms with Crippen LogP contribution in [-0.2, 0) is 16.1 Å². The maximum atomic E-state index is 13.6. The second kappa shape index (κ2) is 10.3. The van der Waals surface area contributed by atoms with Crippen molar-refractivity contribution >= 4 is 17.5 Å². The van der Waals surface area contributed by atoms with Crippen molar-refractivity contribution in [3.63, 3.8) is 0 Å². The number of anilines is 1. The van der Waals surface area contributed by atoms with E-state index in [1.54, 1.807) is 21.1 Å². The molecular weight excluding hydrogens is 411 g/mol. The summed E-state index contributed by atoms with van der Waals surface area (Å²) in [7, 11) is 3.39. The second-order valence-electron chi connectivity index (χ2n) is 7.34. The van der Waals surface area contributed by atoms with E-state index in [9.17, 15) is 22.8 Å². The second-order valence-corrected chi connectivity index (χ2v) is 7.34. The van der Waals surface area contributed by atoms with Crippen LogP contribution in [0.4, 0.5) is 18.9 Å². The summed E-state index contributed by atoms with van der Waals surface area (Å²) in [5.41, 5.74) is 2.48. The number of rotatable bonds is 8. The number of halogens is 3. The smallest absolute Gasteiger partial charge is 0.243 e. The quantitative estimate of drug-likeness (QED) is 0.622. The Balaban J connectivity index is 1.91. The minimum atomic E-state index is -1.68. The zero-order valence-corrected chi connectivity index (χ0v) is 18.1. The first-order valence-electron chi connectivity index (χ1n) is 9.60. The van der Waals surface area contributed by atoms with Crippen LogP contribution in [0.5, 0.6) is 5.75 Å². The Bertz CT molecular complexity index is 959. The van der Waals surface area contributed by atoms with Crippen molar-refractivity contribution in [2.45, 2.75) is 33.4 Å². The van der Waals surface area contributed by atoms with Crippen LogP contribution >= 0.6 is 0 Å². The molecule has 0 radical (unpaired) electrons. The summed E-state index contributed by atoms with van der Waals surface area (Å²) >= 11 is 0. The van der Waals surface area contributed by atoms with Gasteiger partial charge in [-0.2, -0.15) is 0 Å². The lowest BCUT2D eigenvalue weighted by Gasteiger charge is -2.24. The highest BCUT2D eigenvalue weighted by atomic mass is 19.2. The van der Waals surface area contributed by atoms with Crippen LogP contribution in [0.25, 0.3) is 0 Å². The standard InChI is InChI=1S/C22H26F3N3O3/c1-12-8-15(9-13(2)21(12)31-5)11-28(4)14(3)22(30)26-10-18(29)27-17-7-6-16(23)19(24)20(17)25/h6-9,14H,10-11H2,1-5H3,(H,26,30)(H,27,29). The van der Waals surface area contributed by atoms with Crippen LogP contribution in [0, 0.1) is 31.3 Å². The fraction of sp³-hybridized carbons (Fsp3) is 0.364. The Morgan fingerprint density at radius 2 is 1.71 bits per heavy atom. The molecule has 31 heavy (non-hydrogen) atoms. The van der Waals surface area contributed by atoms with Gasteiger partial charge in [-0.1, -0.05) is 12.1 Å². The maximum absolute atomic E-state index is 13.6. The van der Waals surface area contributed by atoms with Gasteiger partial charge in [-0.3, -0.25) is 14.5 Å². The van der Waals surface area contributed by atoms with Crippen molar-refractivity contribution in [3.05, 3.63) is 58.4 Å². The molecule has 0 bridgehead atoms. The van der Waals surface area contributed by atoms with Gasteiger partial charge in [0.25, 0.3) is 0 Å². The average Bonchev–Trinajstić information content (AvgIpc) is 2.71. The van der Waals surface area contributed by atoms with E-state index >= 15 is 0 Å². The monoisotopic (exact) mass is 437 g/mol. The number of benzene rings is 2. The molecule has 0 heterocycles. The van der Waals surface area contributed by atoms with Crippen molar-refractivity contribution in [1.82, 2.24) is 10.2 Å². The molecule has 0 aliphatic rings. The normalized spacial score (nSPS) is 11.9. The maximum Gasteiger partial charge on any atom is 0.243 e. The van der Waals surface area contributed by atoms with Gasteiger partial charge in [0.15, 0.2) is 17.5 Å². The van der Waals surface area contributed by atoms with Gasteiger partial charge in [0.2, 0.25) is 11.8 Å². The number of hydrogen-bond acceptors (Lipinski definition) is 4. The zero-order chi connectivity index (χ0) is 23.3. The Morgan fingerprint density at radius 3 is 2.29 bits per heavy atom. The van der Waals surface area contributed by atoms with Crippen molar-refractivity contribution in [3.8, 4) is 5.75 Å². The Morgan fingerprint density at radius 1 is 1.10 bits per heavy atom. The summed E-state index contributed by atoms with van der Waals surface area (Å²) in [6.45, 7) is 5.62. The predicted octanol–water partition coefficient (Wildman–Crippen LogP) is 3.30. The number of hydrogen-bond donors (Lipinski definition) is 2. The van der Waals surface area contributed by atoms with Crippen LogP contribution in [0.3, 0.4) is 0 Å². The number of ether oxygens (including phenoxy) is 1. The van der Waals surface area contributed by atoms with Crippen LogP contribution in [0.15, 0.2) is 24.3 Å². The lowest BCUT2D eigenvalue weighted by atomic mass is 10.0. The van der Waals surface area contributed by atoms with Gasteiger partial charge >= 0.3 is 0 Å². The minimum absolute atomic E-state index is 0.412. The fourth-order valence-corrected chi connectivity index (χ4v) is 3.21. The highest BCUT2D eigenvalue weighted by molar-refractivity contribution is 5.95. The number of methoxy groups -OCH3 is 1. The van der Waals surface area contributed by atoms with Gasteiger partial charge < -0.3 is 15.4 Å². The molecule has 0 saturated heterocycles. The van der Waals surface area contributed by atoms with Crippen molar-refractivity contribution < 1.29 is 27.5 Å². The molecule has 6 nitrogen and oxygen atoms in total. The first-order chi connectivity index (χ1) is 14.5. The van der Waals surface area contributed by atoms with E-state index < -0.39 is 47.5 Å². The number of amides is 2. The number of carbonyl (C=O) groups is 2. The van der Waals surface area contributed by atoms with E-state index in [0.29, 0.717) is 12.6 Å². The van der Waals surface area contributed by atoms with Crippen molar-refractivity contribution in [1.29, 1.82) is 0 Å². The van der Waals surface area contributed by atoms with Crippen LogP contribution in [-0.4, -0.2) is 43.5 Å². The molecule has 0 aromatic heterocycles. The molecule has 9 heteroatoms. The highest BCUT2D eigenvalue weighted by Gasteiger charge is 2.20. The molecule has 0 fully saturated rings. The third-order valence-corrected chi connectivity index (χ3v) is 4.93. The summed E-state index contributed by atoms with van der Waals surface area (Å²) in [4.78, 5) is 26.2. The number of likely N-dealkylation sites (N-methyl/N-ethyl adjacent to an activating group) is 1. The Hall–Kier alpha value is -3.07. The number of nitrogens with zero attached hydrogens (tertiary/aromatic N) is 1. The predicted molar refractivity (Wildman–Crippen MR) is 111 cm³/mol. The number of nitrogens with one attached hydrogen (secondary N) is 2. The molecule has 0 spiro atoms. The number of carbonyl (C=O) groups excluding carboxylic acids is 2. The molecule has 0 aliphatic carbocycles. The summed E-state index contributed by atoms with van der Waals surface area (Å²) < 4.78 is 45.2. The molecule has 2 rings (SSSR count). The molecular formula is C22H26F3N3O3. The van der Waals surface area contributed by atoms with E-state index in [1.165, 1.54) is 0 Å². The van der Waals surface area contributed by atoms with Gasteiger partial charge in [0, 0.05) is 6.54 Å². The van der Waals surface area contributed by atoms with E-state index in [4.69, 9.17) is 4.74 Å². The summed E-state index contributed by atoms with van der Waals surface area (Å²) in [5.74, 6) is -4.90. The van der Waals surface area contributed by atoms with Gasteiger partial charge in [-0.05, 0) is 56.6 Å². The zero-order valence-electron chi connectivity index (χ0n) is 18.1. The van der Waals surface area contributed by atoms with Crippen molar-refractivity contribution in [2.24, 2.45) is 0 Å². The Kier molecular flexibility index (Phi) is 8.04. The first-order valence-corrected chi connectivity index (χ1v) is 9.60. The Labute approximate surface area is 179 Å². The summed E-state index contributed by atoms with van der Waals surface area (Å²) in [5, 5.41) is 4.56. The van der Waals surface area contributed by atoms with E-state index in [1.807, 2.05) is 30.9 Å². The van der Waals surface area contributed by atoms with E-state index in [2.05, 4.69) is 10.6 Å². The topological polar surface area (TPSA) is 70.7 Å². The summed E-state index contributed by atoms with van der Waals surface area (Å²) in [6, 6.07) is 5.01. The summed E-state index contributed by atoms with van der Waals surface area (Å²) in [6.07, 6.45) is 0. The van der Waals surface area contributed by atoms with Crippen LogP contribution in [0.1, 0.15) is 23.6 Å². The van der Waals surface area contributed by atoms with Gasteiger partial charge in [-0.15, -0.1) is 0 Å². The molecule has 2 N–H and O–H groups in total. The van der Waals surface area contributed by atoms with Gasteiger partial charge in [0.05, 0.1) is 25.4 Å². The minimum Gasteiger partial charge on any atom is -0.496 e. The largest absolute Gasteiger partial charge is 0.496 e. The molecule has 0 aliphatic heterocycles. The molecule has 0 saturated carbocycles. The lowest BCUT2D eigenvalue weighted by molar-refractivity contribution is -0.127. The van der Waals surface area contributed by atoms with Gasteiger partial charge in [0.1, 0.15) is 5.75 Å². The SMILES string of the molecule is COc1c(C)cc(CN(C)C(C)C(=O)NCC(=O)Nc2ccc(F)c(F)c2F)cc1C. The van der Waals surface area contributed by atoms with Crippen LogP contribution in [0.2, 0.25) is 0 Å². The van der Waals surface area contributed by atoms with Crippen LogP contribution < -0.4 is 15.4 Å². The van der Waals surface area contributed by atoms with Crippen molar-refractivity contribution in [2.75, 3.05) is 26.0 Å². The third-order valence-electron chi connectivity index (χ3n) is 4.93. The molecule has 168 valence electrons. The highest BCUT2D eigenvalue weighted by Crippen LogP contribution is 2.25. The third kappa shape index (κ3) is 5.97. The average molecular weight is 437 g/mol. The van der Waals surface area contributed by atoms with E-state index in [-0.39, 0.29) is 0 Å².